The fourth-order valence-electron chi connectivity index (χ4n) is 0. The number of hydrogen-bond acceptors (Lipinski definition) is 4. The maximum atomic E-state index is 8.74. The van der Waals surface area contributed by atoms with Crippen molar-refractivity contribution in [3.63, 3.8) is 0 Å². The third-order valence-corrected chi connectivity index (χ3v) is 0. The summed E-state index contributed by atoms with van der Waals surface area (Å²) in [5, 5.41) is 6.89. The van der Waals surface area contributed by atoms with Crippen LogP contribution in [0.25, 0.3) is 0 Å². The molecule has 0 aromatic carbocycles. The molecule has 0 aliphatic rings. The summed E-state index contributed by atoms with van der Waals surface area (Å²) >= 11 is 0. The van der Waals surface area contributed by atoms with Crippen molar-refractivity contribution >= 4 is 16.9 Å². The molecule has 7 nitrogen and oxygen atoms in total. The van der Waals surface area contributed by atoms with E-state index in [1.165, 1.54) is 0 Å². The fraction of sp³-hybridized carbons (Fsp3) is 0. The van der Waals surface area contributed by atoms with Crippen molar-refractivity contribution in [2.24, 2.45) is 0 Å². The molecular weight excluding hydrogens is 154 g/mol. The molecule has 0 bridgehead atoms. The third kappa shape index (κ3) is 418. The Labute approximate surface area is 51.5 Å². The molecule has 0 aromatic rings. The maximum absolute atomic E-state index is 8.74. The van der Waals surface area contributed by atoms with E-state index < -0.39 is 10.4 Å². The van der Waals surface area contributed by atoms with Crippen molar-refractivity contribution in [2.45, 2.75) is 0 Å². The van der Waals surface area contributed by atoms with E-state index in [-0.39, 0.29) is 12.6 Å². The van der Waals surface area contributed by atoms with E-state index in [4.69, 9.17) is 27.4 Å². The highest BCUT2D eigenvalue weighted by Gasteiger charge is 1.84. The van der Waals surface area contributed by atoms with E-state index in [9.17, 15) is 0 Å². The largest absolute Gasteiger partial charge is 0.483 e. The van der Waals surface area contributed by atoms with Gasteiger partial charge in [0.2, 0.25) is 0 Å². The second-order valence-corrected chi connectivity index (χ2v) is 1.45. The van der Waals surface area contributed by atoms with Gasteiger partial charge < -0.3 is 11.3 Å². The van der Waals surface area contributed by atoms with Crippen LogP contribution in [0.15, 0.2) is 0 Å². The molecule has 0 heterocycles. The molecule has 0 radical (unpaired) electrons. The van der Waals surface area contributed by atoms with Crippen LogP contribution in [-0.4, -0.2) is 29.1 Å². The van der Waals surface area contributed by atoms with Crippen LogP contribution in [-0.2, 0) is 15.2 Å². The van der Waals surface area contributed by atoms with Gasteiger partial charge in [0.05, 0.1) is 0 Å². The molecule has 9 heavy (non-hydrogen) atoms. The molecule has 0 aliphatic carbocycles. The topological polar surface area (TPSA) is 147 Å². The quantitative estimate of drug-likeness (QED) is 0.269. The van der Waals surface area contributed by atoms with Gasteiger partial charge in [0.1, 0.15) is 0 Å². The standard InChI is InChI=1S/CH2O2.H3N.H2O4S/c2-1-3;;1-5(2,3)4/h1H,(H,2,3);1H3;(H2,1,2,3,4). The predicted octanol–water partition coefficient (Wildman–Crippen LogP) is -0.790. The third-order valence-electron chi connectivity index (χ3n) is 0. The Kier molecular flexibility index (Phi) is 12.8. The van der Waals surface area contributed by atoms with Crippen LogP contribution < -0.4 is 6.15 Å². The van der Waals surface area contributed by atoms with Gasteiger partial charge in [-0.1, -0.05) is 0 Å². The minimum atomic E-state index is -4.67. The average Bonchev–Trinajstić information content (AvgIpc) is 1.27. The first-order valence-corrected chi connectivity index (χ1v) is 2.59. The lowest BCUT2D eigenvalue weighted by Gasteiger charge is -1.68. The molecule has 6 N–H and O–H groups in total. The number of hydrogen-bond donors (Lipinski definition) is 4. The van der Waals surface area contributed by atoms with Crippen LogP contribution in [0.2, 0.25) is 0 Å². The lowest BCUT2D eigenvalue weighted by Crippen LogP contribution is -1.89. The first-order chi connectivity index (χ1) is 3.41. The van der Waals surface area contributed by atoms with Gasteiger partial charge in [0, 0.05) is 0 Å². The van der Waals surface area contributed by atoms with Gasteiger partial charge in [0.25, 0.3) is 6.47 Å². The second-order valence-electron chi connectivity index (χ2n) is 0.553. The monoisotopic (exact) mass is 161 g/mol. The molecule has 58 valence electrons. The molecule has 0 saturated carbocycles. The van der Waals surface area contributed by atoms with Crippen LogP contribution in [0.3, 0.4) is 0 Å². The number of rotatable bonds is 0. The summed E-state index contributed by atoms with van der Waals surface area (Å²) in [6.45, 7) is -0.250. The zero-order valence-electron chi connectivity index (χ0n) is 4.26. The number of carbonyl (C=O) groups is 1. The van der Waals surface area contributed by atoms with Crippen LogP contribution in [0, 0.1) is 0 Å². The van der Waals surface area contributed by atoms with Crippen LogP contribution in [0.4, 0.5) is 0 Å². The maximum Gasteiger partial charge on any atom is 0.394 e. The summed E-state index contributed by atoms with van der Waals surface area (Å²) in [4.78, 5) is 8.36. The minimum absolute atomic E-state index is 0. The predicted molar refractivity (Wildman–Crippen MR) is 27.9 cm³/mol. The molecule has 0 fully saturated rings. The normalized spacial score (nSPS) is 7.78. The smallest absolute Gasteiger partial charge is 0.394 e. The van der Waals surface area contributed by atoms with Gasteiger partial charge in [-0.05, 0) is 0 Å². The van der Waals surface area contributed by atoms with E-state index in [0.29, 0.717) is 0 Å². The minimum Gasteiger partial charge on any atom is -0.483 e. The molecule has 0 atom stereocenters. The Morgan fingerprint density at radius 2 is 1.22 bits per heavy atom. The summed E-state index contributed by atoms with van der Waals surface area (Å²) in [7, 11) is -4.67. The van der Waals surface area contributed by atoms with Crippen molar-refractivity contribution in [3.05, 3.63) is 0 Å². The summed E-state index contributed by atoms with van der Waals surface area (Å²) in [6, 6.07) is 0. The molecule has 0 spiro atoms. The average molecular weight is 161 g/mol. The second kappa shape index (κ2) is 7.30. The first-order valence-electron chi connectivity index (χ1n) is 1.19. The van der Waals surface area contributed by atoms with Gasteiger partial charge in [0.15, 0.2) is 0 Å². The molecule has 0 unspecified atom stereocenters. The number of carboxylic acid groups (broad SMARTS) is 1. The lowest BCUT2D eigenvalue weighted by atomic mass is 11.7. The Hall–Kier alpha value is -0.700. The van der Waals surface area contributed by atoms with Crippen molar-refractivity contribution in [2.75, 3.05) is 0 Å². The summed E-state index contributed by atoms with van der Waals surface area (Å²) in [5.74, 6) is 0. The highest BCUT2D eigenvalue weighted by Crippen LogP contribution is 1.59. The van der Waals surface area contributed by atoms with Gasteiger partial charge in [-0.15, -0.1) is 0 Å². The van der Waals surface area contributed by atoms with Crippen LogP contribution in [0.1, 0.15) is 0 Å². The van der Waals surface area contributed by atoms with E-state index in [1.807, 2.05) is 0 Å². The summed E-state index contributed by atoms with van der Waals surface area (Å²) in [5.41, 5.74) is 0. The van der Waals surface area contributed by atoms with E-state index in [2.05, 4.69) is 0 Å². The Morgan fingerprint density at radius 3 is 1.22 bits per heavy atom. The summed E-state index contributed by atoms with van der Waals surface area (Å²) < 4.78 is 31.6. The van der Waals surface area contributed by atoms with Crippen molar-refractivity contribution in [1.82, 2.24) is 6.15 Å². The van der Waals surface area contributed by atoms with E-state index in [0.717, 1.165) is 0 Å². The SMILES string of the molecule is N.O=CO.O=S(=O)(O)O. The highest BCUT2D eigenvalue weighted by molar-refractivity contribution is 7.79. The Balaban J connectivity index is -0.0000000800. The molecule has 0 amide bonds. The molecule has 8 heteroatoms. The molecule has 0 saturated heterocycles. The molecule has 0 rings (SSSR count). The summed E-state index contributed by atoms with van der Waals surface area (Å²) in [6.07, 6.45) is 0. The van der Waals surface area contributed by atoms with E-state index >= 15 is 0 Å². The first kappa shape index (κ1) is 15.7. The molecule has 0 aliphatic heterocycles. The van der Waals surface area contributed by atoms with Crippen molar-refractivity contribution < 1.29 is 27.4 Å². The highest BCUT2D eigenvalue weighted by atomic mass is 32.3. The van der Waals surface area contributed by atoms with Crippen molar-refractivity contribution in [3.8, 4) is 0 Å². The van der Waals surface area contributed by atoms with Crippen LogP contribution >= 0.6 is 0 Å². The fourth-order valence-corrected chi connectivity index (χ4v) is 0. The van der Waals surface area contributed by atoms with Gasteiger partial charge >= 0.3 is 10.4 Å². The van der Waals surface area contributed by atoms with Gasteiger partial charge in [-0.25, -0.2) is 0 Å². The zero-order chi connectivity index (χ0) is 7.21. The zero-order valence-corrected chi connectivity index (χ0v) is 5.08. The lowest BCUT2D eigenvalue weighted by molar-refractivity contribution is -0.122. The van der Waals surface area contributed by atoms with Crippen LogP contribution in [0.5, 0.6) is 0 Å². The Bertz CT molecular complexity index is 127. The Morgan fingerprint density at radius 1 is 1.22 bits per heavy atom. The molecular formula is CH7NO6S. The van der Waals surface area contributed by atoms with Gasteiger partial charge in [-0.3, -0.25) is 13.9 Å². The molecule has 0 aromatic heterocycles. The van der Waals surface area contributed by atoms with Gasteiger partial charge in [-0.2, -0.15) is 8.42 Å². The van der Waals surface area contributed by atoms with E-state index in [1.54, 1.807) is 0 Å². The van der Waals surface area contributed by atoms with Crippen molar-refractivity contribution in [1.29, 1.82) is 0 Å².